The number of hydrogen-bond donors (Lipinski definition) is 1. The van der Waals surface area contributed by atoms with Crippen molar-refractivity contribution in [1.82, 2.24) is 0 Å². The number of nitro groups is 1. The fourth-order valence-corrected chi connectivity index (χ4v) is 0.949. The Hall–Kier alpha value is -2.28. The summed E-state index contributed by atoms with van der Waals surface area (Å²) in [7, 11) is 0. The molecule has 0 saturated carbocycles. The number of nitrogens with zero attached hydrogens (tertiary/aromatic N) is 1. The molecule has 2 N–H and O–H groups in total. The summed E-state index contributed by atoms with van der Waals surface area (Å²) in [6, 6.07) is 6.08. The molecule has 0 aliphatic heterocycles. The standard InChI is InChI=1S/C10H8N2O2/c1-2-9(11)6-8-4-3-5-10(7-8)12(13)14/h1,3-7H,11H2/b9-6-. The summed E-state index contributed by atoms with van der Waals surface area (Å²) in [4.78, 5) is 9.95. The van der Waals surface area contributed by atoms with E-state index in [1.165, 1.54) is 18.2 Å². The first-order chi connectivity index (χ1) is 6.63. The monoisotopic (exact) mass is 188 g/mol. The number of hydrogen-bond acceptors (Lipinski definition) is 3. The average Bonchev–Trinajstić information content (AvgIpc) is 2.18. The Balaban J connectivity index is 3.08. The maximum Gasteiger partial charge on any atom is 0.270 e. The van der Waals surface area contributed by atoms with Crippen molar-refractivity contribution >= 4 is 11.8 Å². The van der Waals surface area contributed by atoms with E-state index < -0.39 is 4.92 Å². The summed E-state index contributed by atoms with van der Waals surface area (Å²) in [5.74, 6) is 2.23. The second-order valence-corrected chi connectivity index (χ2v) is 2.60. The van der Waals surface area contributed by atoms with E-state index in [1.807, 2.05) is 0 Å². The van der Waals surface area contributed by atoms with Gasteiger partial charge in [0.05, 0.1) is 10.6 Å². The first-order valence-electron chi connectivity index (χ1n) is 3.81. The molecule has 0 bridgehead atoms. The van der Waals surface area contributed by atoms with Gasteiger partial charge in [-0.1, -0.05) is 18.1 Å². The Morgan fingerprint density at radius 2 is 2.36 bits per heavy atom. The van der Waals surface area contributed by atoms with Gasteiger partial charge in [-0.3, -0.25) is 10.1 Å². The van der Waals surface area contributed by atoms with Crippen LogP contribution in [0.5, 0.6) is 0 Å². The summed E-state index contributed by atoms with van der Waals surface area (Å²) in [5, 5.41) is 10.4. The molecule has 0 aromatic heterocycles. The van der Waals surface area contributed by atoms with Crippen molar-refractivity contribution in [3.8, 4) is 12.3 Å². The lowest BCUT2D eigenvalue weighted by Crippen LogP contribution is -1.93. The molecular weight excluding hydrogens is 180 g/mol. The summed E-state index contributed by atoms with van der Waals surface area (Å²) >= 11 is 0. The zero-order valence-electron chi connectivity index (χ0n) is 7.31. The van der Waals surface area contributed by atoms with Crippen molar-refractivity contribution in [2.75, 3.05) is 0 Å². The number of nitrogens with two attached hydrogens (primary N) is 1. The Kier molecular flexibility index (Phi) is 2.87. The van der Waals surface area contributed by atoms with Gasteiger partial charge >= 0.3 is 0 Å². The highest BCUT2D eigenvalue weighted by atomic mass is 16.6. The topological polar surface area (TPSA) is 69.2 Å². The van der Waals surface area contributed by atoms with Crippen LogP contribution < -0.4 is 5.73 Å². The summed E-state index contributed by atoms with van der Waals surface area (Å²) in [6.07, 6.45) is 6.55. The van der Waals surface area contributed by atoms with Crippen LogP contribution in [0.1, 0.15) is 5.56 Å². The molecule has 0 radical (unpaired) electrons. The molecule has 14 heavy (non-hydrogen) atoms. The highest BCUT2D eigenvalue weighted by Gasteiger charge is 2.03. The van der Waals surface area contributed by atoms with Gasteiger partial charge in [0, 0.05) is 12.1 Å². The van der Waals surface area contributed by atoms with Crippen LogP contribution in [0.3, 0.4) is 0 Å². The van der Waals surface area contributed by atoms with Crippen molar-refractivity contribution in [3.05, 3.63) is 45.6 Å². The fourth-order valence-electron chi connectivity index (χ4n) is 0.949. The molecule has 0 aliphatic carbocycles. The highest BCUT2D eigenvalue weighted by molar-refractivity contribution is 5.59. The van der Waals surface area contributed by atoms with Crippen molar-refractivity contribution in [3.63, 3.8) is 0 Å². The molecule has 4 nitrogen and oxygen atoms in total. The molecule has 0 amide bonds. The third-order valence-corrected chi connectivity index (χ3v) is 1.57. The molecule has 0 atom stereocenters. The maximum absolute atomic E-state index is 10.4. The predicted octanol–water partition coefficient (Wildman–Crippen LogP) is 1.53. The molecule has 1 aromatic carbocycles. The van der Waals surface area contributed by atoms with Gasteiger partial charge in [0.2, 0.25) is 0 Å². The largest absolute Gasteiger partial charge is 0.392 e. The van der Waals surface area contributed by atoms with E-state index in [1.54, 1.807) is 12.1 Å². The van der Waals surface area contributed by atoms with Crippen LogP contribution in [-0.2, 0) is 0 Å². The minimum Gasteiger partial charge on any atom is -0.392 e. The minimum atomic E-state index is -0.469. The predicted molar refractivity (Wildman–Crippen MR) is 54.1 cm³/mol. The molecule has 1 rings (SSSR count). The maximum atomic E-state index is 10.4. The number of benzene rings is 1. The zero-order valence-corrected chi connectivity index (χ0v) is 7.31. The van der Waals surface area contributed by atoms with Crippen molar-refractivity contribution < 1.29 is 4.92 Å². The van der Waals surface area contributed by atoms with Crippen molar-refractivity contribution in [2.24, 2.45) is 5.73 Å². The number of allylic oxidation sites excluding steroid dienone is 1. The quantitative estimate of drug-likeness (QED) is 0.434. The van der Waals surface area contributed by atoms with Gasteiger partial charge in [-0.15, -0.1) is 6.42 Å². The number of rotatable bonds is 2. The molecule has 0 saturated heterocycles. The third kappa shape index (κ3) is 2.35. The Labute approximate surface area is 81.2 Å². The van der Waals surface area contributed by atoms with Crippen LogP contribution in [0.2, 0.25) is 0 Å². The van der Waals surface area contributed by atoms with E-state index in [0.29, 0.717) is 5.56 Å². The molecule has 0 fully saturated rings. The van der Waals surface area contributed by atoms with Crippen LogP contribution in [-0.4, -0.2) is 4.92 Å². The van der Waals surface area contributed by atoms with Gasteiger partial charge < -0.3 is 5.73 Å². The van der Waals surface area contributed by atoms with E-state index in [2.05, 4.69) is 5.92 Å². The first kappa shape index (κ1) is 9.81. The average molecular weight is 188 g/mol. The molecule has 70 valence electrons. The van der Waals surface area contributed by atoms with Crippen LogP contribution in [0, 0.1) is 22.5 Å². The molecule has 4 heteroatoms. The summed E-state index contributed by atoms with van der Waals surface area (Å²) < 4.78 is 0. The molecular formula is C10H8N2O2. The van der Waals surface area contributed by atoms with Gasteiger partial charge in [-0.05, 0) is 11.6 Å². The fraction of sp³-hybridized carbons (Fsp3) is 0. The van der Waals surface area contributed by atoms with Crippen LogP contribution >= 0.6 is 0 Å². The zero-order chi connectivity index (χ0) is 10.6. The van der Waals surface area contributed by atoms with E-state index in [9.17, 15) is 10.1 Å². The lowest BCUT2D eigenvalue weighted by Gasteiger charge is -1.94. The lowest BCUT2D eigenvalue weighted by atomic mass is 10.2. The second kappa shape index (κ2) is 4.10. The van der Waals surface area contributed by atoms with Gasteiger partial charge in [0.15, 0.2) is 0 Å². The van der Waals surface area contributed by atoms with Crippen molar-refractivity contribution in [2.45, 2.75) is 0 Å². The number of non-ortho nitro benzene ring substituents is 1. The number of terminal acetylenes is 1. The summed E-state index contributed by atoms with van der Waals surface area (Å²) in [5.41, 5.74) is 6.26. The molecule has 0 spiro atoms. The van der Waals surface area contributed by atoms with Gasteiger partial charge in [0.25, 0.3) is 5.69 Å². The van der Waals surface area contributed by atoms with E-state index >= 15 is 0 Å². The SMILES string of the molecule is C#C/C(N)=C/c1cccc([N+](=O)[O-])c1. The van der Waals surface area contributed by atoms with Gasteiger partial charge in [-0.2, -0.15) is 0 Å². The molecule has 0 heterocycles. The minimum absolute atomic E-state index is 0.0172. The molecule has 1 aromatic rings. The van der Waals surface area contributed by atoms with E-state index in [-0.39, 0.29) is 11.4 Å². The number of nitro benzene ring substituents is 1. The second-order valence-electron chi connectivity index (χ2n) is 2.60. The first-order valence-corrected chi connectivity index (χ1v) is 3.81. The Morgan fingerprint density at radius 3 is 2.93 bits per heavy atom. The van der Waals surface area contributed by atoms with Crippen molar-refractivity contribution in [1.29, 1.82) is 0 Å². The summed E-state index contributed by atoms with van der Waals surface area (Å²) in [6.45, 7) is 0. The van der Waals surface area contributed by atoms with E-state index in [0.717, 1.165) is 0 Å². The Bertz CT molecular complexity index is 430. The van der Waals surface area contributed by atoms with Crippen LogP contribution in [0.4, 0.5) is 5.69 Å². The molecule has 0 aliphatic rings. The Morgan fingerprint density at radius 1 is 1.64 bits per heavy atom. The smallest absolute Gasteiger partial charge is 0.270 e. The van der Waals surface area contributed by atoms with E-state index in [4.69, 9.17) is 12.2 Å². The highest BCUT2D eigenvalue weighted by Crippen LogP contribution is 2.14. The van der Waals surface area contributed by atoms with Gasteiger partial charge in [0.1, 0.15) is 0 Å². The third-order valence-electron chi connectivity index (χ3n) is 1.57. The lowest BCUT2D eigenvalue weighted by molar-refractivity contribution is -0.384. The van der Waals surface area contributed by atoms with Crippen LogP contribution in [0.15, 0.2) is 30.0 Å². The normalized spacial score (nSPS) is 10.6. The van der Waals surface area contributed by atoms with Gasteiger partial charge in [-0.25, -0.2) is 0 Å². The molecule has 0 unspecified atom stereocenters. The van der Waals surface area contributed by atoms with Crippen LogP contribution in [0.25, 0.3) is 6.08 Å².